The zero-order chi connectivity index (χ0) is 11.6. The average Bonchev–Trinajstić information content (AvgIpc) is 2.23. The van der Waals surface area contributed by atoms with Crippen LogP contribution in [0.15, 0.2) is 24.3 Å². The lowest BCUT2D eigenvalue weighted by Crippen LogP contribution is -2.56. The summed E-state index contributed by atoms with van der Waals surface area (Å²) in [6.07, 6.45) is 2.02. The van der Waals surface area contributed by atoms with Crippen molar-refractivity contribution in [2.45, 2.75) is 31.4 Å². The minimum Gasteiger partial charge on any atom is -0.394 e. The van der Waals surface area contributed by atoms with E-state index in [1.807, 2.05) is 12.1 Å². The van der Waals surface area contributed by atoms with Crippen molar-refractivity contribution in [1.29, 1.82) is 0 Å². The van der Waals surface area contributed by atoms with Crippen LogP contribution in [-0.4, -0.2) is 30.5 Å². The number of hydrogen-bond acceptors (Lipinski definition) is 3. The highest BCUT2D eigenvalue weighted by atomic mass is 16.5. The second-order valence-electron chi connectivity index (χ2n) is 4.70. The van der Waals surface area contributed by atoms with Gasteiger partial charge in [-0.3, -0.25) is 0 Å². The summed E-state index contributed by atoms with van der Waals surface area (Å²) in [6, 6.07) is 8.22. The molecule has 2 rings (SSSR count). The van der Waals surface area contributed by atoms with E-state index in [0.29, 0.717) is 0 Å². The number of aliphatic hydroxyl groups excluding tert-OH is 1. The first kappa shape index (κ1) is 11.4. The van der Waals surface area contributed by atoms with Crippen molar-refractivity contribution in [2.75, 3.05) is 19.0 Å². The van der Waals surface area contributed by atoms with Crippen LogP contribution in [0.2, 0.25) is 0 Å². The number of anilines is 1. The van der Waals surface area contributed by atoms with Crippen LogP contribution >= 0.6 is 0 Å². The molecule has 88 valence electrons. The smallest absolute Gasteiger partial charge is 0.0663 e. The fourth-order valence-electron chi connectivity index (χ4n) is 2.28. The van der Waals surface area contributed by atoms with Gasteiger partial charge in [0.1, 0.15) is 0 Å². The molecular weight excluding hydrogens is 202 g/mol. The number of ether oxygens (including phenoxy) is 1. The largest absolute Gasteiger partial charge is 0.394 e. The summed E-state index contributed by atoms with van der Waals surface area (Å²) in [5.74, 6) is 0. The van der Waals surface area contributed by atoms with Gasteiger partial charge in [0.25, 0.3) is 0 Å². The van der Waals surface area contributed by atoms with E-state index in [0.717, 1.165) is 18.5 Å². The highest BCUT2D eigenvalue weighted by Crippen LogP contribution is 2.37. The van der Waals surface area contributed by atoms with Gasteiger partial charge in [-0.15, -0.1) is 0 Å². The van der Waals surface area contributed by atoms with Gasteiger partial charge in [-0.2, -0.15) is 0 Å². The lowest BCUT2D eigenvalue weighted by molar-refractivity contribution is -0.0256. The Bertz CT molecular complexity index is 359. The van der Waals surface area contributed by atoms with Crippen LogP contribution in [0.4, 0.5) is 5.69 Å². The molecule has 0 aromatic heterocycles. The van der Waals surface area contributed by atoms with Crippen LogP contribution < -0.4 is 5.32 Å². The maximum atomic E-state index is 9.46. The van der Waals surface area contributed by atoms with Crippen LogP contribution in [0, 0.1) is 6.92 Å². The van der Waals surface area contributed by atoms with Gasteiger partial charge in [-0.05, 0) is 37.5 Å². The maximum absolute atomic E-state index is 9.46. The first-order valence-corrected chi connectivity index (χ1v) is 5.66. The molecule has 0 aliphatic heterocycles. The number of aliphatic hydroxyl groups is 1. The lowest BCUT2D eigenvalue weighted by Gasteiger charge is -2.46. The quantitative estimate of drug-likeness (QED) is 0.816. The van der Waals surface area contributed by atoms with Gasteiger partial charge >= 0.3 is 0 Å². The van der Waals surface area contributed by atoms with Crippen molar-refractivity contribution in [3.8, 4) is 0 Å². The molecule has 0 bridgehead atoms. The molecule has 1 aromatic rings. The van der Waals surface area contributed by atoms with Crippen molar-refractivity contribution in [3.63, 3.8) is 0 Å². The van der Waals surface area contributed by atoms with Gasteiger partial charge in [0, 0.05) is 12.8 Å². The van der Waals surface area contributed by atoms with Gasteiger partial charge in [-0.25, -0.2) is 0 Å². The van der Waals surface area contributed by atoms with Crippen LogP contribution in [0.25, 0.3) is 0 Å². The molecule has 1 saturated carbocycles. The Hall–Kier alpha value is -1.06. The fourth-order valence-corrected chi connectivity index (χ4v) is 2.28. The summed E-state index contributed by atoms with van der Waals surface area (Å²) >= 11 is 0. The molecule has 0 spiro atoms. The molecule has 0 radical (unpaired) electrons. The van der Waals surface area contributed by atoms with Gasteiger partial charge in [-0.1, -0.05) is 12.1 Å². The highest BCUT2D eigenvalue weighted by molar-refractivity contribution is 5.48. The summed E-state index contributed by atoms with van der Waals surface area (Å²) < 4.78 is 5.25. The standard InChI is InChI=1S/C13H19NO2/c1-10-4-3-5-11(6-10)14-13(9-15)7-12(8-13)16-2/h3-6,12,14-15H,7-9H2,1-2H3. The molecule has 0 atom stereocenters. The minimum atomic E-state index is -0.186. The molecule has 3 heteroatoms. The number of aryl methyl sites for hydroxylation is 1. The predicted octanol–water partition coefficient (Wildman–Crippen LogP) is 1.95. The topological polar surface area (TPSA) is 41.5 Å². The third-order valence-electron chi connectivity index (χ3n) is 3.30. The number of methoxy groups -OCH3 is 1. The summed E-state index contributed by atoms with van der Waals surface area (Å²) in [5, 5.41) is 12.9. The van der Waals surface area contributed by atoms with E-state index < -0.39 is 0 Å². The van der Waals surface area contributed by atoms with Gasteiger partial charge in [0.2, 0.25) is 0 Å². The molecule has 3 nitrogen and oxygen atoms in total. The first-order chi connectivity index (χ1) is 7.67. The molecule has 0 amide bonds. The van der Waals surface area contributed by atoms with Gasteiger partial charge in [0.05, 0.1) is 18.2 Å². The molecule has 0 unspecified atom stereocenters. The minimum absolute atomic E-state index is 0.154. The molecule has 2 N–H and O–H groups in total. The molecular formula is C13H19NO2. The molecule has 1 aliphatic rings. The molecule has 1 aliphatic carbocycles. The Morgan fingerprint density at radius 3 is 2.81 bits per heavy atom. The Kier molecular flexibility index (Phi) is 3.17. The number of rotatable bonds is 4. The average molecular weight is 221 g/mol. The number of hydrogen-bond donors (Lipinski definition) is 2. The third-order valence-corrected chi connectivity index (χ3v) is 3.30. The normalized spacial score (nSPS) is 28.6. The zero-order valence-corrected chi connectivity index (χ0v) is 9.86. The van der Waals surface area contributed by atoms with Crippen LogP contribution in [-0.2, 0) is 4.74 Å². The molecule has 1 fully saturated rings. The second kappa shape index (κ2) is 4.44. The molecule has 0 saturated heterocycles. The van der Waals surface area contributed by atoms with E-state index in [-0.39, 0.29) is 18.2 Å². The number of nitrogens with one attached hydrogen (secondary N) is 1. The van der Waals surface area contributed by atoms with E-state index in [2.05, 4.69) is 24.4 Å². The number of benzene rings is 1. The fraction of sp³-hybridized carbons (Fsp3) is 0.538. The van der Waals surface area contributed by atoms with Crippen LogP contribution in [0.5, 0.6) is 0 Å². The molecule has 1 aromatic carbocycles. The van der Waals surface area contributed by atoms with Crippen molar-refractivity contribution in [3.05, 3.63) is 29.8 Å². The van der Waals surface area contributed by atoms with E-state index >= 15 is 0 Å². The monoisotopic (exact) mass is 221 g/mol. The summed E-state index contributed by atoms with van der Waals surface area (Å²) in [6.45, 7) is 2.22. The van der Waals surface area contributed by atoms with Crippen LogP contribution in [0.1, 0.15) is 18.4 Å². The molecule has 16 heavy (non-hydrogen) atoms. The predicted molar refractivity (Wildman–Crippen MR) is 64.6 cm³/mol. The summed E-state index contributed by atoms with van der Waals surface area (Å²) in [5.41, 5.74) is 2.11. The Labute approximate surface area is 96.4 Å². The van der Waals surface area contributed by atoms with E-state index in [1.54, 1.807) is 7.11 Å². The van der Waals surface area contributed by atoms with E-state index in [9.17, 15) is 5.11 Å². The van der Waals surface area contributed by atoms with Crippen molar-refractivity contribution in [2.24, 2.45) is 0 Å². The Morgan fingerprint density at radius 2 is 2.25 bits per heavy atom. The first-order valence-electron chi connectivity index (χ1n) is 5.66. The second-order valence-corrected chi connectivity index (χ2v) is 4.70. The highest BCUT2D eigenvalue weighted by Gasteiger charge is 2.44. The zero-order valence-electron chi connectivity index (χ0n) is 9.86. The Balaban J connectivity index is 2.03. The van der Waals surface area contributed by atoms with Crippen molar-refractivity contribution in [1.82, 2.24) is 0 Å². The summed E-state index contributed by atoms with van der Waals surface area (Å²) in [4.78, 5) is 0. The van der Waals surface area contributed by atoms with Gasteiger partial charge < -0.3 is 15.2 Å². The third kappa shape index (κ3) is 2.20. The van der Waals surface area contributed by atoms with Gasteiger partial charge in [0.15, 0.2) is 0 Å². The summed E-state index contributed by atoms with van der Waals surface area (Å²) in [7, 11) is 1.72. The SMILES string of the molecule is COC1CC(CO)(Nc2cccc(C)c2)C1. The maximum Gasteiger partial charge on any atom is 0.0663 e. The van der Waals surface area contributed by atoms with E-state index in [1.165, 1.54) is 5.56 Å². The van der Waals surface area contributed by atoms with Crippen molar-refractivity contribution < 1.29 is 9.84 Å². The molecule has 0 heterocycles. The Morgan fingerprint density at radius 1 is 1.50 bits per heavy atom. The van der Waals surface area contributed by atoms with E-state index in [4.69, 9.17) is 4.74 Å². The van der Waals surface area contributed by atoms with Crippen LogP contribution in [0.3, 0.4) is 0 Å². The lowest BCUT2D eigenvalue weighted by atomic mass is 9.74. The van der Waals surface area contributed by atoms with Crippen molar-refractivity contribution >= 4 is 5.69 Å².